The van der Waals surface area contributed by atoms with E-state index in [0.29, 0.717) is 22.2 Å². The van der Waals surface area contributed by atoms with Gasteiger partial charge in [-0.25, -0.2) is 23.7 Å². The van der Waals surface area contributed by atoms with Crippen LogP contribution in [-0.4, -0.2) is 32.4 Å². The second-order valence-electron chi connectivity index (χ2n) is 8.83. The van der Waals surface area contributed by atoms with E-state index in [-0.39, 0.29) is 35.1 Å². The van der Waals surface area contributed by atoms with Gasteiger partial charge in [-0.1, -0.05) is 30.4 Å². The first-order valence-electron chi connectivity index (χ1n) is 12.3. The summed E-state index contributed by atoms with van der Waals surface area (Å²) in [5.74, 6) is -0.662. The van der Waals surface area contributed by atoms with Gasteiger partial charge in [0, 0.05) is 24.5 Å². The van der Waals surface area contributed by atoms with Crippen molar-refractivity contribution in [3.63, 3.8) is 0 Å². The lowest BCUT2D eigenvalue weighted by Crippen LogP contribution is -2.28. The summed E-state index contributed by atoms with van der Waals surface area (Å²) < 4.78 is 27.1. The molecule has 1 atom stereocenters. The molecule has 1 amide bonds. The van der Waals surface area contributed by atoms with Crippen LogP contribution in [0.5, 0.6) is 0 Å². The predicted molar refractivity (Wildman–Crippen MR) is 150 cm³/mol. The Hall–Kier alpha value is -5.37. The molecular weight excluding hydrogens is 514 g/mol. The molecule has 0 aliphatic rings. The van der Waals surface area contributed by atoms with Crippen LogP contribution in [0.25, 0.3) is 16.6 Å². The molecule has 3 heterocycles. The van der Waals surface area contributed by atoms with E-state index in [2.05, 4.69) is 30.6 Å². The van der Waals surface area contributed by atoms with Crippen molar-refractivity contribution in [2.75, 3.05) is 17.6 Å². The number of anilines is 2. The van der Waals surface area contributed by atoms with E-state index in [1.54, 1.807) is 43.5 Å². The number of aromatic nitrogens is 4. The van der Waals surface area contributed by atoms with Crippen molar-refractivity contribution < 1.29 is 13.6 Å². The molecule has 4 rings (SSSR count). The number of carbonyl (C=O) groups is 1. The number of nitrogen functional groups attached to an aromatic ring is 1. The number of allylic oxidation sites excluding steroid dienone is 5. The predicted octanol–water partition coefficient (Wildman–Crippen LogP) is 5.36. The van der Waals surface area contributed by atoms with Gasteiger partial charge in [0.15, 0.2) is 0 Å². The molecular formula is C29H26F2N8O. The zero-order valence-corrected chi connectivity index (χ0v) is 21.7. The number of nitrogens with two attached hydrogens (primary N) is 1. The van der Waals surface area contributed by atoms with Crippen molar-refractivity contribution in [2.45, 2.75) is 19.9 Å². The van der Waals surface area contributed by atoms with Gasteiger partial charge >= 0.3 is 0 Å². The molecule has 0 aliphatic carbocycles. The van der Waals surface area contributed by atoms with Crippen LogP contribution in [0.3, 0.4) is 0 Å². The molecule has 0 saturated heterocycles. The second-order valence-corrected chi connectivity index (χ2v) is 8.83. The highest BCUT2D eigenvalue weighted by Crippen LogP contribution is 2.29. The highest BCUT2D eigenvalue weighted by atomic mass is 19.1. The fourth-order valence-corrected chi connectivity index (χ4v) is 3.99. The first kappa shape index (κ1) is 27.7. The molecule has 0 bridgehead atoms. The SMILES string of the molecule is C\C(F)=C/C(=C\C=C\CNc1ncc(C#N)cc1C(=O)NC(C)c1ccc(F)cc1)c1c[nH]c2ncnc(N)c12. The van der Waals surface area contributed by atoms with Gasteiger partial charge in [-0.3, -0.25) is 4.79 Å². The van der Waals surface area contributed by atoms with E-state index in [1.165, 1.54) is 43.7 Å². The number of H-pyrrole nitrogens is 1. The van der Waals surface area contributed by atoms with E-state index in [4.69, 9.17) is 5.73 Å². The number of benzene rings is 1. The smallest absolute Gasteiger partial charge is 0.255 e. The Balaban J connectivity index is 1.51. The summed E-state index contributed by atoms with van der Waals surface area (Å²) in [6.07, 6.45) is 11.0. The first-order valence-corrected chi connectivity index (χ1v) is 12.3. The molecule has 4 aromatic rings. The summed E-state index contributed by atoms with van der Waals surface area (Å²) in [6, 6.07) is 8.84. The van der Waals surface area contributed by atoms with E-state index in [1.807, 2.05) is 6.07 Å². The lowest BCUT2D eigenvalue weighted by Gasteiger charge is -2.16. The molecule has 11 heteroatoms. The molecule has 0 spiro atoms. The Morgan fingerprint density at radius 1 is 1.23 bits per heavy atom. The third-order valence-corrected chi connectivity index (χ3v) is 5.94. The molecule has 0 saturated carbocycles. The maximum Gasteiger partial charge on any atom is 0.255 e. The highest BCUT2D eigenvalue weighted by molar-refractivity contribution is 6.00. The topological polar surface area (TPSA) is 145 Å². The van der Waals surface area contributed by atoms with E-state index < -0.39 is 17.8 Å². The van der Waals surface area contributed by atoms with Gasteiger partial charge in [-0.15, -0.1) is 0 Å². The second kappa shape index (κ2) is 12.4. The van der Waals surface area contributed by atoms with Crippen LogP contribution in [-0.2, 0) is 0 Å². The molecule has 0 aliphatic heterocycles. The molecule has 1 unspecified atom stereocenters. The third-order valence-electron chi connectivity index (χ3n) is 5.94. The summed E-state index contributed by atoms with van der Waals surface area (Å²) in [5.41, 5.74) is 8.89. The first-order chi connectivity index (χ1) is 19.3. The van der Waals surface area contributed by atoms with Crippen LogP contribution in [0.2, 0.25) is 0 Å². The van der Waals surface area contributed by atoms with Crippen molar-refractivity contribution in [2.24, 2.45) is 0 Å². The van der Waals surface area contributed by atoms with Crippen molar-refractivity contribution in [1.29, 1.82) is 5.26 Å². The Morgan fingerprint density at radius 3 is 2.73 bits per heavy atom. The summed E-state index contributed by atoms with van der Waals surface area (Å²) in [7, 11) is 0. The summed E-state index contributed by atoms with van der Waals surface area (Å²) >= 11 is 0. The minimum Gasteiger partial charge on any atom is -0.383 e. The number of hydrogen-bond donors (Lipinski definition) is 4. The van der Waals surface area contributed by atoms with Gasteiger partial charge in [0.25, 0.3) is 5.91 Å². The number of nitrogens with one attached hydrogen (secondary N) is 3. The molecule has 40 heavy (non-hydrogen) atoms. The van der Waals surface area contributed by atoms with Gasteiger partial charge in [0.2, 0.25) is 0 Å². The Bertz CT molecular complexity index is 1660. The van der Waals surface area contributed by atoms with Crippen LogP contribution >= 0.6 is 0 Å². The number of aromatic amines is 1. The summed E-state index contributed by atoms with van der Waals surface area (Å²) in [6.45, 7) is 3.38. The van der Waals surface area contributed by atoms with Gasteiger partial charge in [-0.2, -0.15) is 5.26 Å². The number of pyridine rings is 1. The van der Waals surface area contributed by atoms with Crippen molar-refractivity contribution in [3.8, 4) is 6.07 Å². The molecule has 202 valence electrons. The number of carbonyl (C=O) groups excluding carboxylic acids is 1. The number of rotatable bonds is 9. The lowest BCUT2D eigenvalue weighted by molar-refractivity contribution is 0.0940. The number of nitriles is 1. The zero-order valence-electron chi connectivity index (χ0n) is 21.7. The number of hydrogen-bond acceptors (Lipinski definition) is 7. The fourth-order valence-electron chi connectivity index (χ4n) is 3.99. The largest absolute Gasteiger partial charge is 0.383 e. The number of halogens is 2. The summed E-state index contributed by atoms with van der Waals surface area (Å²) in [4.78, 5) is 28.5. The maximum atomic E-state index is 13.9. The Kier molecular flexibility index (Phi) is 8.61. The quantitative estimate of drug-likeness (QED) is 0.209. The minimum absolute atomic E-state index is 0.183. The van der Waals surface area contributed by atoms with Gasteiger partial charge in [0.05, 0.1) is 28.4 Å². The van der Waals surface area contributed by atoms with Gasteiger partial charge < -0.3 is 21.4 Å². The number of nitrogens with zero attached hydrogens (tertiary/aromatic N) is 4. The lowest BCUT2D eigenvalue weighted by atomic mass is 10.0. The van der Waals surface area contributed by atoms with Crippen LogP contribution in [0.1, 0.15) is 46.9 Å². The molecule has 5 N–H and O–H groups in total. The van der Waals surface area contributed by atoms with E-state index in [9.17, 15) is 18.8 Å². The molecule has 0 fully saturated rings. The standard InChI is InChI=1S/C29H26F2N8O/c1-17(30)11-21(24-15-36-28-25(24)26(33)37-16-38-28)5-3-4-10-34-27-23(12-19(13-32)14-35-27)29(40)39-18(2)20-6-8-22(31)9-7-20/h3-9,11-12,14-16,18H,10H2,1-2H3,(H,34,35)(H,39,40)(H3,33,36,37,38)/b4-3+,17-11+,21-5+. The average molecular weight is 541 g/mol. The van der Waals surface area contributed by atoms with Crippen LogP contribution in [0, 0.1) is 17.1 Å². The molecule has 1 aromatic carbocycles. The zero-order chi connectivity index (χ0) is 28.6. The van der Waals surface area contributed by atoms with Crippen molar-refractivity contribution in [1.82, 2.24) is 25.3 Å². The fraction of sp³-hybridized carbons (Fsp3) is 0.138. The van der Waals surface area contributed by atoms with Gasteiger partial charge in [-0.05, 0) is 49.3 Å². The van der Waals surface area contributed by atoms with E-state index >= 15 is 0 Å². The monoisotopic (exact) mass is 540 g/mol. The Labute approximate surface area is 229 Å². The highest BCUT2D eigenvalue weighted by Gasteiger charge is 2.17. The molecule has 3 aromatic heterocycles. The van der Waals surface area contributed by atoms with Crippen molar-refractivity contribution >= 4 is 34.1 Å². The average Bonchev–Trinajstić information content (AvgIpc) is 3.38. The normalized spacial score (nSPS) is 12.9. The van der Waals surface area contributed by atoms with E-state index in [0.717, 1.165) is 5.56 Å². The third kappa shape index (κ3) is 6.54. The number of fused-ring (bicyclic) bond motifs is 1. The minimum atomic E-state index is -0.446. The van der Waals surface area contributed by atoms with Crippen LogP contribution in [0.4, 0.5) is 20.4 Å². The Morgan fingerprint density at radius 2 is 2.00 bits per heavy atom. The summed E-state index contributed by atoms with van der Waals surface area (Å²) in [5, 5.41) is 15.8. The molecule has 0 radical (unpaired) electrons. The van der Waals surface area contributed by atoms with Crippen molar-refractivity contribution in [3.05, 3.63) is 107 Å². The number of amides is 1. The maximum absolute atomic E-state index is 13.9. The molecule has 9 nitrogen and oxygen atoms in total. The van der Waals surface area contributed by atoms with Crippen LogP contribution < -0.4 is 16.4 Å². The van der Waals surface area contributed by atoms with Gasteiger partial charge in [0.1, 0.15) is 35.5 Å². The van der Waals surface area contributed by atoms with Crippen LogP contribution in [0.15, 0.2) is 79.2 Å².